The van der Waals surface area contributed by atoms with Gasteiger partial charge in [-0.25, -0.2) is 0 Å². The lowest BCUT2D eigenvalue weighted by atomic mass is 9.93. The molecule has 9 heteroatoms. The van der Waals surface area contributed by atoms with Crippen molar-refractivity contribution < 1.29 is 14.2 Å². The topological polar surface area (TPSA) is 81.6 Å². The quantitative estimate of drug-likeness (QED) is 0.522. The summed E-state index contributed by atoms with van der Waals surface area (Å²) in [6.07, 6.45) is 5.12. The molecule has 0 bridgehead atoms. The van der Waals surface area contributed by atoms with E-state index in [4.69, 9.17) is 25.8 Å². The van der Waals surface area contributed by atoms with E-state index in [1.807, 2.05) is 24.3 Å². The van der Waals surface area contributed by atoms with Gasteiger partial charge in [0.25, 0.3) is 0 Å². The second-order valence-corrected chi connectivity index (χ2v) is 8.80. The summed E-state index contributed by atoms with van der Waals surface area (Å²) in [5.41, 5.74) is 2.76. The number of halogens is 1. The minimum absolute atomic E-state index is 0.447. The molecule has 33 heavy (non-hydrogen) atoms. The third-order valence-corrected chi connectivity index (χ3v) is 6.61. The van der Waals surface area contributed by atoms with Crippen LogP contribution in [0.2, 0.25) is 5.15 Å². The molecule has 2 aliphatic heterocycles. The molecule has 0 saturated carbocycles. The third-order valence-electron chi connectivity index (χ3n) is 6.35. The van der Waals surface area contributed by atoms with E-state index in [2.05, 4.69) is 25.4 Å². The number of methoxy groups -OCH3 is 1. The van der Waals surface area contributed by atoms with Crippen LogP contribution in [-0.2, 0) is 6.54 Å². The average Bonchev–Trinajstić information content (AvgIpc) is 2.86. The molecule has 3 aromatic rings. The smallest absolute Gasteiger partial charge is 0.179 e. The van der Waals surface area contributed by atoms with Gasteiger partial charge in [0.1, 0.15) is 19.0 Å². The van der Waals surface area contributed by atoms with Crippen molar-refractivity contribution in [2.75, 3.05) is 44.9 Å². The van der Waals surface area contributed by atoms with Gasteiger partial charge in [-0.2, -0.15) is 0 Å². The Balaban J connectivity index is 1.13. The van der Waals surface area contributed by atoms with E-state index in [-0.39, 0.29) is 0 Å². The molecule has 0 radical (unpaired) electrons. The first-order valence-electron chi connectivity index (χ1n) is 11.4. The maximum atomic E-state index is 6.48. The minimum atomic E-state index is 0.447. The molecule has 1 saturated heterocycles. The number of nitrogens with zero attached hydrogens (tertiary/aromatic N) is 4. The summed E-state index contributed by atoms with van der Waals surface area (Å²) >= 11 is 6.48. The summed E-state index contributed by atoms with van der Waals surface area (Å²) in [5.74, 6) is 2.99. The number of nitrogens with one attached hydrogen (secondary N) is 1. The molecule has 1 aromatic carbocycles. The van der Waals surface area contributed by atoms with E-state index >= 15 is 0 Å². The van der Waals surface area contributed by atoms with E-state index in [0.29, 0.717) is 24.3 Å². The van der Waals surface area contributed by atoms with E-state index in [0.717, 1.165) is 85.0 Å². The number of aromatic nitrogens is 3. The van der Waals surface area contributed by atoms with Crippen molar-refractivity contribution in [2.24, 2.45) is 5.92 Å². The van der Waals surface area contributed by atoms with E-state index in [1.54, 1.807) is 13.3 Å². The van der Waals surface area contributed by atoms with Gasteiger partial charge in [-0.15, -0.1) is 10.2 Å². The van der Waals surface area contributed by atoms with Crippen molar-refractivity contribution in [1.29, 1.82) is 0 Å². The first-order chi connectivity index (χ1) is 16.2. The molecule has 0 aliphatic carbocycles. The molecule has 0 spiro atoms. The highest BCUT2D eigenvalue weighted by atomic mass is 35.5. The van der Waals surface area contributed by atoms with Gasteiger partial charge in [0, 0.05) is 31.1 Å². The first-order valence-corrected chi connectivity index (χ1v) is 11.8. The van der Waals surface area contributed by atoms with Gasteiger partial charge in [0.15, 0.2) is 16.7 Å². The number of fused-ring (bicyclic) bond motifs is 2. The molecule has 4 heterocycles. The lowest BCUT2D eigenvalue weighted by molar-refractivity contribution is 0.170. The predicted molar refractivity (Wildman–Crippen MR) is 128 cm³/mol. The highest BCUT2D eigenvalue weighted by molar-refractivity contribution is 6.33. The van der Waals surface area contributed by atoms with Gasteiger partial charge in [0.2, 0.25) is 0 Å². The molecule has 1 fully saturated rings. The summed E-state index contributed by atoms with van der Waals surface area (Å²) < 4.78 is 16.6. The Hall–Kier alpha value is -2.84. The second kappa shape index (κ2) is 9.97. The lowest BCUT2D eigenvalue weighted by Crippen LogP contribution is -2.35. The standard InChI is InChI=1S/C24H28ClN5O3/c1-31-18-2-3-20-19(13-18)23(24(25)29-28-20)30-8-5-16(6-9-30)4-7-26-14-17-12-21-22(15-27-17)33-11-10-32-21/h2-3,12-13,15-16,26H,4-11,14H2,1H3. The molecule has 8 nitrogen and oxygen atoms in total. The van der Waals surface area contributed by atoms with Gasteiger partial charge < -0.3 is 24.4 Å². The Bertz CT molecular complexity index is 1120. The second-order valence-electron chi connectivity index (χ2n) is 8.44. The van der Waals surface area contributed by atoms with Crippen molar-refractivity contribution in [1.82, 2.24) is 20.5 Å². The van der Waals surface area contributed by atoms with E-state index in [9.17, 15) is 0 Å². The van der Waals surface area contributed by atoms with Crippen LogP contribution < -0.4 is 24.4 Å². The number of hydrogen-bond acceptors (Lipinski definition) is 8. The SMILES string of the molecule is COc1ccc2nnc(Cl)c(N3CCC(CCNCc4cc5c(cn4)OCCO5)CC3)c2c1. The van der Waals surface area contributed by atoms with Crippen LogP contribution in [0.15, 0.2) is 30.5 Å². The molecule has 174 valence electrons. The Morgan fingerprint density at radius 3 is 2.76 bits per heavy atom. The maximum Gasteiger partial charge on any atom is 0.179 e. The van der Waals surface area contributed by atoms with Crippen LogP contribution in [0.1, 0.15) is 25.0 Å². The van der Waals surface area contributed by atoms with E-state index < -0.39 is 0 Å². The van der Waals surface area contributed by atoms with Crippen molar-refractivity contribution in [3.63, 3.8) is 0 Å². The fourth-order valence-corrected chi connectivity index (χ4v) is 4.79. The van der Waals surface area contributed by atoms with Crippen LogP contribution in [0.4, 0.5) is 5.69 Å². The molecule has 1 N–H and O–H groups in total. The fraction of sp³-hybridized carbons (Fsp3) is 0.458. The molecule has 0 atom stereocenters. The molecule has 0 unspecified atom stereocenters. The van der Waals surface area contributed by atoms with Crippen LogP contribution in [-0.4, -0.2) is 55.1 Å². The maximum absolute atomic E-state index is 6.48. The van der Waals surface area contributed by atoms with Gasteiger partial charge in [-0.1, -0.05) is 11.6 Å². The normalized spacial score (nSPS) is 16.2. The summed E-state index contributed by atoms with van der Waals surface area (Å²) in [6.45, 7) is 4.75. The molecular formula is C24H28ClN5O3. The zero-order valence-electron chi connectivity index (χ0n) is 18.7. The van der Waals surface area contributed by atoms with Crippen LogP contribution in [0, 0.1) is 5.92 Å². The first kappa shape index (κ1) is 22.0. The van der Waals surface area contributed by atoms with Crippen molar-refractivity contribution >= 4 is 28.2 Å². The van der Waals surface area contributed by atoms with Gasteiger partial charge in [-0.3, -0.25) is 4.98 Å². The lowest BCUT2D eigenvalue weighted by Gasteiger charge is -2.34. The molecule has 2 aromatic heterocycles. The highest BCUT2D eigenvalue weighted by Crippen LogP contribution is 2.36. The molecule has 0 amide bonds. The summed E-state index contributed by atoms with van der Waals surface area (Å²) in [5, 5.41) is 13.4. The summed E-state index contributed by atoms with van der Waals surface area (Å²) in [4.78, 5) is 6.79. The van der Waals surface area contributed by atoms with Gasteiger partial charge >= 0.3 is 0 Å². The minimum Gasteiger partial charge on any atom is -0.497 e. The van der Waals surface area contributed by atoms with Crippen molar-refractivity contribution in [2.45, 2.75) is 25.8 Å². The van der Waals surface area contributed by atoms with Crippen LogP contribution in [0.5, 0.6) is 17.2 Å². The van der Waals surface area contributed by atoms with Crippen molar-refractivity contribution in [3.05, 3.63) is 41.3 Å². The predicted octanol–water partition coefficient (Wildman–Crippen LogP) is 3.85. The number of hydrogen-bond donors (Lipinski definition) is 1. The number of pyridine rings is 1. The Morgan fingerprint density at radius 1 is 1.12 bits per heavy atom. The van der Waals surface area contributed by atoms with Crippen molar-refractivity contribution in [3.8, 4) is 17.2 Å². The highest BCUT2D eigenvalue weighted by Gasteiger charge is 2.23. The number of benzene rings is 1. The van der Waals surface area contributed by atoms with Crippen LogP contribution in [0.25, 0.3) is 10.9 Å². The molecular weight excluding hydrogens is 442 g/mol. The average molecular weight is 470 g/mol. The zero-order valence-corrected chi connectivity index (χ0v) is 19.5. The molecule has 2 aliphatic rings. The Morgan fingerprint density at radius 2 is 1.94 bits per heavy atom. The van der Waals surface area contributed by atoms with Gasteiger partial charge in [0.05, 0.1) is 30.2 Å². The largest absolute Gasteiger partial charge is 0.497 e. The number of ether oxygens (including phenoxy) is 3. The van der Waals surface area contributed by atoms with E-state index in [1.165, 1.54) is 0 Å². The monoisotopic (exact) mass is 469 g/mol. The molecule has 5 rings (SSSR count). The van der Waals surface area contributed by atoms with Gasteiger partial charge in [-0.05, 0) is 49.9 Å². The number of rotatable bonds is 7. The van der Waals surface area contributed by atoms with Crippen LogP contribution in [0.3, 0.4) is 0 Å². The Kier molecular flexibility index (Phi) is 6.64. The third kappa shape index (κ3) is 4.91. The summed E-state index contributed by atoms with van der Waals surface area (Å²) in [6, 6.07) is 7.78. The summed E-state index contributed by atoms with van der Waals surface area (Å²) in [7, 11) is 1.67. The van der Waals surface area contributed by atoms with Crippen LogP contribution >= 0.6 is 11.6 Å². The fourth-order valence-electron chi connectivity index (χ4n) is 4.53. The zero-order chi connectivity index (χ0) is 22.6. The number of piperidine rings is 1. The number of anilines is 1. The Labute approximate surface area is 198 Å².